The molecule has 0 spiro atoms. The zero-order valence-electron chi connectivity index (χ0n) is 9.10. The molecule has 0 aliphatic heterocycles. The Labute approximate surface area is 90.0 Å². The second kappa shape index (κ2) is 6.19. The van der Waals surface area contributed by atoms with Gasteiger partial charge in [-0.05, 0) is 26.0 Å². The van der Waals surface area contributed by atoms with Gasteiger partial charge >= 0.3 is 5.97 Å². The van der Waals surface area contributed by atoms with Crippen LogP contribution in [0.25, 0.3) is 0 Å². The SMILES string of the molecule is CCOC(C)COC(=O)c1ccccc1. The van der Waals surface area contributed by atoms with E-state index in [0.717, 1.165) is 0 Å². The summed E-state index contributed by atoms with van der Waals surface area (Å²) >= 11 is 0. The molecule has 0 bridgehead atoms. The van der Waals surface area contributed by atoms with E-state index in [1.165, 1.54) is 0 Å². The molecule has 3 nitrogen and oxygen atoms in total. The minimum Gasteiger partial charge on any atom is -0.459 e. The van der Waals surface area contributed by atoms with E-state index in [9.17, 15) is 4.79 Å². The highest BCUT2D eigenvalue weighted by atomic mass is 16.6. The van der Waals surface area contributed by atoms with E-state index in [4.69, 9.17) is 9.47 Å². The van der Waals surface area contributed by atoms with Crippen molar-refractivity contribution >= 4 is 5.97 Å². The highest BCUT2D eigenvalue weighted by Crippen LogP contribution is 2.02. The first kappa shape index (κ1) is 11.7. The number of hydrogen-bond donors (Lipinski definition) is 0. The lowest BCUT2D eigenvalue weighted by Gasteiger charge is -2.11. The second-order valence-electron chi connectivity index (χ2n) is 3.23. The normalized spacial score (nSPS) is 12.1. The zero-order valence-corrected chi connectivity index (χ0v) is 9.10. The summed E-state index contributed by atoms with van der Waals surface area (Å²) in [5.74, 6) is -0.304. The van der Waals surface area contributed by atoms with E-state index in [2.05, 4.69) is 0 Å². The molecule has 0 radical (unpaired) electrons. The Bertz CT molecular complexity index is 295. The van der Waals surface area contributed by atoms with E-state index in [0.29, 0.717) is 18.8 Å². The van der Waals surface area contributed by atoms with Gasteiger partial charge in [0.2, 0.25) is 0 Å². The van der Waals surface area contributed by atoms with Gasteiger partial charge in [-0.15, -0.1) is 0 Å². The molecule has 0 aromatic heterocycles. The van der Waals surface area contributed by atoms with Crippen LogP contribution in [-0.2, 0) is 9.47 Å². The molecule has 15 heavy (non-hydrogen) atoms. The van der Waals surface area contributed by atoms with E-state index in [1.807, 2.05) is 32.0 Å². The minimum absolute atomic E-state index is 0.0531. The molecule has 0 N–H and O–H groups in total. The van der Waals surface area contributed by atoms with Gasteiger partial charge in [0, 0.05) is 6.61 Å². The summed E-state index contributed by atoms with van der Waals surface area (Å²) < 4.78 is 10.3. The van der Waals surface area contributed by atoms with Gasteiger partial charge in [0.25, 0.3) is 0 Å². The van der Waals surface area contributed by atoms with Gasteiger partial charge in [-0.2, -0.15) is 0 Å². The van der Waals surface area contributed by atoms with Gasteiger partial charge in [0.15, 0.2) is 0 Å². The summed E-state index contributed by atoms with van der Waals surface area (Å²) in [5, 5.41) is 0. The number of carbonyl (C=O) groups is 1. The molecule has 1 aromatic carbocycles. The Morgan fingerprint density at radius 1 is 1.33 bits per heavy atom. The quantitative estimate of drug-likeness (QED) is 0.696. The summed E-state index contributed by atoms with van der Waals surface area (Å²) in [6.07, 6.45) is -0.0531. The minimum atomic E-state index is -0.304. The van der Waals surface area contributed by atoms with Crippen molar-refractivity contribution in [1.29, 1.82) is 0 Å². The molecule has 0 amide bonds. The first-order valence-corrected chi connectivity index (χ1v) is 5.07. The van der Waals surface area contributed by atoms with Gasteiger partial charge in [0.1, 0.15) is 6.61 Å². The van der Waals surface area contributed by atoms with Gasteiger partial charge in [-0.1, -0.05) is 18.2 Å². The average molecular weight is 208 g/mol. The fraction of sp³-hybridized carbons (Fsp3) is 0.417. The van der Waals surface area contributed by atoms with Gasteiger partial charge in [0.05, 0.1) is 11.7 Å². The van der Waals surface area contributed by atoms with Crippen LogP contribution in [0.15, 0.2) is 30.3 Å². The van der Waals surface area contributed by atoms with E-state index >= 15 is 0 Å². The average Bonchev–Trinajstić information content (AvgIpc) is 2.27. The molecular formula is C12H16O3. The van der Waals surface area contributed by atoms with Crippen LogP contribution in [0, 0.1) is 0 Å². The largest absolute Gasteiger partial charge is 0.459 e. The zero-order chi connectivity index (χ0) is 11.1. The lowest BCUT2D eigenvalue weighted by Crippen LogP contribution is -2.18. The summed E-state index contributed by atoms with van der Waals surface area (Å²) in [6, 6.07) is 8.94. The second-order valence-corrected chi connectivity index (χ2v) is 3.23. The fourth-order valence-corrected chi connectivity index (χ4v) is 1.18. The Hall–Kier alpha value is -1.35. The van der Waals surface area contributed by atoms with Crippen molar-refractivity contribution < 1.29 is 14.3 Å². The van der Waals surface area contributed by atoms with Crippen molar-refractivity contribution in [3.05, 3.63) is 35.9 Å². The number of benzene rings is 1. The topological polar surface area (TPSA) is 35.5 Å². The maximum Gasteiger partial charge on any atom is 0.338 e. The summed E-state index contributed by atoms with van der Waals surface area (Å²) in [4.78, 5) is 11.5. The third kappa shape index (κ3) is 4.13. The van der Waals surface area contributed by atoms with Crippen LogP contribution in [0.4, 0.5) is 0 Å². The van der Waals surface area contributed by atoms with E-state index in [1.54, 1.807) is 12.1 Å². The Morgan fingerprint density at radius 2 is 2.00 bits per heavy atom. The smallest absolute Gasteiger partial charge is 0.338 e. The van der Waals surface area contributed by atoms with Crippen molar-refractivity contribution in [2.75, 3.05) is 13.2 Å². The number of esters is 1. The van der Waals surface area contributed by atoms with Crippen LogP contribution in [0.2, 0.25) is 0 Å². The predicted octanol–water partition coefficient (Wildman–Crippen LogP) is 2.27. The van der Waals surface area contributed by atoms with Gasteiger partial charge in [-0.3, -0.25) is 0 Å². The highest BCUT2D eigenvalue weighted by molar-refractivity contribution is 5.89. The van der Waals surface area contributed by atoms with Gasteiger partial charge < -0.3 is 9.47 Å². The molecule has 1 rings (SSSR count). The molecule has 0 aliphatic rings. The van der Waals surface area contributed by atoms with Crippen LogP contribution in [0.1, 0.15) is 24.2 Å². The van der Waals surface area contributed by atoms with Crippen molar-refractivity contribution in [1.82, 2.24) is 0 Å². The predicted molar refractivity (Wildman–Crippen MR) is 57.8 cm³/mol. The molecule has 0 saturated carbocycles. The first-order valence-electron chi connectivity index (χ1n) is 5.07. The molecule has 0 saturated heterocycles. The van der Waals surface area contributed by atoms with Gasteiger partial charge in [-0.25, -0.2) is 4.79 Å². The standard InChI is InChI=1S/C12H16O3/c1-3-14-10(2)9-15-12(13)11-7-5-4-6-8-11/h4-8,10H,3,9H2,1-2H3. The lowest BCUT2D eigenvalue weighted by molar-refractivity contribution is 0.00359. The summed E-state index contributed by atoms with van der Waals surface area (Å²) in [7, 11) is 0. The van der Waals surface area contributed by atoms with Crippen molar-refractivity contribution in [2.45, 2.75) is 20.0 Å². The maximum absolute atomic E-state index is 11.5. The van der Waals surface area contributed by atoms with E-state index < -0.39 is 0 Å². The third-order valence-electron chi connectivity index (χ3n) is 1.91. The molecule has 1 atom stereocenters. The number of hydrogen-bond acceptors (Lipinski definition) is 3. The van der Waals surface area contributed by atoms with Crippen molar-refractivity contribution in [3.8, 4) is 0 Å². The molecule has 82 valence electrons. The Balaban J connectivity index is 2.37. The Morgan fingerprint density at radius 3 is 2.60 bits per heavy atom. The summed E-state index contributed by atoms with van der Waals surface area (Å²) in [6.45, 7) is 4.71. The Kier molecular flexibility index (Phi) is 4.84. The van der Waals surface area contributed by atoms with Crippen LogP contribution in [-0.4, -0.2) is 25.3 Å². The monoisotopic (exact) mass is 208 g/mol. The van der Waals surface area contributed by atoms with Crippen LogP contribution in [0.5, 0.6) is 0 Å². The number of rotatable bonds is 5. The molecule has 0 aliphatic carbocycles. The third-order valence-corrected chi connectivity index (χ3v) is 1.91. The molecule has 1 aromatic rings. The molecule has 0 fully saturated rings. The van der Waals surface area contributed by atoms with Crippen LogP contribution in [0.3, 0.4) is 0 Å². The first-order chi connectivity index (χ1) is 7.24. The van der Waals surface area contributed by atoms with Crippen LogP contribution < -0.4 is 0 Å². The molecule has 0 heterocycles. The number of carbonyl (C=O) groups excluding carboxylic acids is 1. The number of ether oxygens (including phenoxy) is 2. The van der Waals surface area contributed by atoms with Crippen LogP contribution >= 0.6 is 0 Å². The van der Waals surface area contributed by atoms with E-state index in [-0.39, 0.29) is 12.1 Å². The molecular weight excluding hydrogens is 192 g/mol. The van der Waals surface area contributed by atoms with Crippen molar-refractivity contribution in [3.63, 3.8) is 0 Å². The maximum atomic E-state index is 11.5. The fourth-order valence-electron chi connectivity index (χ4n) is 1.18. The summed E-state index contributed by atoms with van der Waals surface area (Å²) in [5.41, 5.74) is 0.571. The highest BCUT2D eigenvalue weighted by Gasteiger charge is 2.08. The molecule has 1 unspecified atom stereocenters. The molecule has 3 heteroatoms. The van der Waals surface area contributed by atoms with Crippen molar-refractivity contribution in [2.24, 2.45) is 0 Å². The lowest BCUT2D eigenvalue weighted by atomic mass is 10.2.